The van der Waals surface area contributed by atoms with Gasteiger partial charge in [-0.3, -0.25) is 4.90 Å². The van der Waals surface area contributed by atoms with E-state index in [1.54, 1.807) is 0 Å². The van der Waals surface area contributed by atoms with Crippen LogP contribution in [0.3, 0.4) is 0 Å². The molecule has 0 aromatic heterocycles. The molecule has 0 aliphatic carbocycles. The van der Waals surface area contributed by atoms with Crippen LogP contribution in [0.2, 0.25) is 0 Å². The molecule has 1 aromatic rings. The summed E-state index contributed by atoms with van der Waals surface area (Å²) in [5, 5.41) is 0. The molecular weight excluding hydrogens is 314 g/mol. The van der Waals surface area contributed by atoms with Gasteiger partial charge in [-0.05, 0) is 19.2 Å². The van der Waals surface area contributed by atoms with E-state index >= 15 is 0 Å². The molecule has 0 saturated carbocycles. The zero-order valence-corrected chi connectivity index (χ0v) is 13.0. The molecule has 22 heavy (non-hydrogen) atoms. The number of benzene rings is 1. The van der Waals surface area contributed by atoms with Crippen LogP contribution in [0.1, 0.15) is 0 Å². The monoisotopic (exact) mass is 332 g/mol. The molecule has 3 rings (SSSR count). The number of sulfonamides is 1. The van der Waals surface area contributed by atoms with E-state index in [0.717, 1.165) is 18.7 Å². The lowest BCUT2D eigenvalue weighted by Crippen LogP contribution is -2.44. The van der Waals surface area contributed by atoms with Crippen molar-refractivity contribution in [3.05, 3.63) is 29.8 Å². The smallest absolute Gasteiger partial charge is 0.246 e. The zero-order chi connectivity index (χ0) is 15.9. The van der Waals surface area contributed by atoms with E-state index in [0.29, 0.717) is 19.3 Å². The first-order chi connectivity index (χ1) is 10.4. The van der Waals surface area contributed by atoms with Crippen LogP contribution < -0.4 is 0 Å². The number of nitrogens with zero attached hydrogens (tertiary/aromatic N) is 2. The normalized spacial score (nSPS) is 27.6. The molecule has 0 spiro atoms. The number of rotatable bonds is 2. The first kappa shape index (κ1) is 15.8. The first-order valence-electron chi connectivity index (χ1n) is 7.11. The summed E-state index contributed by atoms with van der Waals surface area (Å²) >= 11 is 0. The molecule has 2 aliphatic rings. The van der Waals surface area contributed by atoms with Gasteiger partial charge >= 0.3 is 0 Å². The summed E-state index contributed by atoms with van der Waals surface area (Å²) < 4.78 is 59.2. The maximum atomic E-state index is 13.9. The summed E-state index contributed by atoms with van der Waals surface area (Å²) in [7, 11) is -2.06. The Morgan fingerprint density at radius 3 is 2.68 bits per heavy atom. The van der Waals surface area contributed by atoms with Crippen molar-refractivity contribution < 1.29 is 21.9 Å². The molecule has 122 valence electrons. The van der Waals surface area contributed by atoms with Crippen LogP contribution in [0.25, 0.3) is 0 Å². The highest BCUT2D eigenvalue weighted by Crippen LogP contribution is 2.26. The van der Waals surface area contributed by atoms with Crippen molar-refractivity contribution in [1.82, 2.24) is 9.21 Å². The summed E-state index contributed by atoms with van der Waals surface area (Å²) in [4.78, 5) is 1.60. The van der Waals surface area contributed by atoms with Gasteiger partial charge in [-0.2, -0.15) is 4.31 Å². The van der Waals surface area contributed by atoms with E-state index < -0.39 is 26.6 Å². The third-order valence-corrected chi connectivity index (χ3v) is 6.09. The molecule has 2 saturated heterocycles. The van der Waals surface area contributed by atoms with E-state index in [1.165, 1.54) is 4.31 Å². The summed E-state index contributed by atoms with van der Waals surface area (Å²) in [6.45, 7) is 2.19. The van der Waals surface area contributed by atoms with Crippen LogP contribution in [0.5, 0.6) is 0 Å². The van der Waals surface area contributed by atoms with Crippen LogP contribution in [-0.4, -0.2) is 63.6 Å². The Morgan fingerprint density at radius 1 is 1.18 bits per heavy atom. The van der Waals surface area contributed by atoms with Crippen LogP contribution in [0.4, 0.5) is 8.78 Å². The summed E-state index contributed by atoms with van der Waals surface area (Å²) in [5.41, 5.74) is 0. The Kier molecular flexibility index (Phi) is 4.19. The highest BCUT2D eigenvalue weighted by atomic mass is 32.2. The molecule has 0 N–H and O–H groups in total. The van der Waals surface area contributed by atoms with Crippen molar-refractivity contribution >= 4 is 10.0 Å². The molecule has 2 atom stereocenters. The average Bonchev–Trinajstić information content (AvgIpc) is 2.66. The Hall–Kier alpha value is -1.09. The third-order valence-electron chi connectivity index (χ3n) is 4.22. The quantitative estimate of drug-likeness (QED) is 0.808. The molecule has 5 nitrogen and oxygen atoms in total. The van der Waals surface area contributed by atoms with E-state index in [1.807, 2.05) is 7.05 Å². The summed E-state index contributed by atoms with van der Waals surface area (Å²) in [6, 6.07) is 2.48. The minimum Gasteiger partial charge on any atom is -0.379 e. The van der Waals surface area contributed by atoms with Crippen molar-refractivity contribution in [2.75, 3.05) is 39.9 Å². The molecule has 2 bridgehead atoms. The summed E-state index contributed by atoms with van der Waals surface area (Å²) in [5.74, 6) is -1.81. The molecule has 0 unspecified atom stereocenters. The largest absolute Gasteiger partial charge is 0.379 e. The van der Waals surface area contributed by atoms with Crippen molar-refractivity contribution in [3.63, 3.8) is 0 Å². The number of hydrogen-bond acceptors (Lipinski definition) is 4. The predicted molar refractivity (Wildman–Crippen MR) is 75.8 cm³/mol. The Balaban J connectivity index is 1.95. The fraction of sp³-hybridized carbons (Fsp3) is 0.571. The lowest BCUT2D eigenvalue weighted by molar-refractivity contribution is 0.0727. The van der Waals surface area contributed by atoms with Crippen molar-refractivity contribution in [2.24, 2.45) is 5.92 Å². The number of ether oxygens (including phenoxy) is 1. The van der Waals surface area contributed by atoms with E-state index in [-0.39, 0.29) is 25.0 Å². The second-order valence-electron chi connectivity index (χ2n) is 5.89. The van der Waals surface area contributed by atoms with E-state index in [4.69, 9.17) is 4.74 Å². The van der Waals surface area contributed by atoms with Gasteiger partial charge in [-0.25, -0.2) is 17.2 Å². The maximum absolute atomic E-state index is 13.9. The molecule has 2 fully saturated rings. The number of fused-ring (bicyclic) bond motifs is 3. The second kappa shape index (κ2) is 5.84. The van der Waals surface area contributed by atoms with Crippen LogP contribution in [0.15, 0.2) is 23.1 Å². The highest BCUT2D eigenvalue weighted by molar-refractivity contribution is 7.89. The van der Waals surface area contributed by atoms with Gasteiger partial charge in [0.05, 0.1) is 13.2 Å². The van der Waals surface area contributed by atoms with Gasteiger partial charge in [0.25, 0.3) is 0 Å². The average molecular weight is 332 g/mol. The Bertz CT molecular complexity index is 668. The molecule has 2 heterocycles. The van der Waals surface area contributed by atoms with Gasteiger partial charge in [0.2, 0.25) is 10.0 Å². The zero-order valence-electron chi connectivity index (χ0n) is 12.2. The topological polar surface area (TPSA) is 49.9 Å². The fourth-order valence-corrected chi connectivity index (χ4v) is 4.63. The maximum Gasteiger partial charge on any atom is 0.246 e. The predicted octanol–water partition coefficient (Wildman–Crippen LogP) is 0.916. The Morgan fingerprint density at radius 2 is 1.95 bits per heavy atom. The number of halogens is 2. The molecule has 1 aromatic carbocycles. The van der Waals surface area contributed by atoms with Gasteiger partial charge in [-0.15, -0.1) is 0 Å². The molecule has 8 heteroatoms. The molecular formula is C14H18F2N2O3S. The molecule has 2 aliphatic heterocycles. The summed E-state index contributed by atoms with van der Waals surface area (Å²) in [6.07, 6.45) is 0. The standard InChI is InChI=1S/C14H18F2N2O3S/c1-17-5-10-6-18(7-12(17)9-21-8-10)22(19,20)14-3-2-11(15)4-13(14)16/h2-4,10,12H,5-9H2,1H3/t10-,12+/m1/s1. The van der Waals surface area contributed by atoms with Gasteiger partial charge in [-0.1, -0.05) is 0 Å². The van der Waals surface area contributed by atoms with Crippen molar-refractivity contribution in [1.29, 1.82) is 0 Å². The lowest BCUT2D eigenvalue weighted by atomic mass is 10.1. The van der Waals surface area contributed by atoms with Gasteiger partial charge in [0.1, 0.15) is 16.5 Å². The fourth-order valence-electron chi connectivity index (χ4n) is 3.03. The minimum atomic E-state index is -3.99. The third kappa shape index (κ3) is 2.88. The van der Waals surface area contributed by atoms with Gasteiger partial charge in [0.15, 0.2) is 0 Å². The first-order valence-corrected chi connectivity index (χ1v) is 8.55. The molecule has 0 radical (unpaired) electrons. The number of likely N-dealkylation sites (N-methyl/N-ethyl adjacent to an activating group) is 1. The van der Waals surface area contributed by atoms with Crippen molar-refractivity contribution in [2.45, 2.75) is 10.9 Å². The van der Waals surface area contributed by atoms with Crippen molar-refractivity contribution in [3.8, 4) is 0 Å². The van der Waals surface area contributed by atoms with Crippen LogP contribution in [0, 0.1) is 17.6 Å². The van der Waals surface area contributed by atoms with Gasteiger partial charge < -0.3 is 4.74 Å². The van der Waals surface area contributed by atoms with Crippen LogP contribution >= 0.6 is 0 Å². The van der Waals surface area contributed by atoms with Gasteiger partial charge in [0, 0.05) is 37.7 Å². The lowest BCUT2D eigenvalue weighted by Gasteiger charge is -2.29. The molecule has 0 amide bonds. The van der Waals surface area contributed by atoms with Crippen LogP contribution in [-0.2, 0) is 14.8 Å². The number of hydrogen-bond donors (Lipinski definition) is 0. The van der Waals surface area contributed by atoms with E-state index in [9.17, 15) is 17.2 Å². The minimum absolute atomic E-state index is 0.0378. The van der Waals surface area contributed by atoms with E-state index in [2.05, 4.69) is 4.90 Å². The SMILES string of the molecule is CN1C[C@H]2COC[C@@H]1CN(S(=O)(=O)c1ccc(F)cc1F)C2. The second-order valence-corrected chi connectivity index (χ2v) is 7.80. The Labute approximate surface area is 128 Å². The highest BCUT2D eigenvalue weighted by Gasteiger charge is 2.37.